The Hall–Kier alpha value is -2.80. The number of aromatic nitrogens is 4. The van der Waals surface area contributed by atoms with Crippen molar-refractivity contribution in [2.24, 2.45) is 0 Å². The molecule has 0 atom stereocenters. The van der Waals surface area contributed by atoms with E-state index in [4.69, 9.17) is 0 Å². The third kappa shape index (κ3) is 3.57. The Morgan fingerprint density at radius 2 is 1.83 bits per heavy atom. The van der Waals surface area contributed by atoms with Crippen LogP contribution in [-0.2, 0) is 4.79 Å². The van der Waals surface area contributed by atoms with E-state index >= 15 is 0 Å². The molecule has 0 radical (unpaired) electrons. The Morgan fingerprint density at radius 1 is 1.12 bits per heavy atom. The van der Waals surface area contributed by atoms with Gasteiger partial charge in [0.05, 0.1) is 11.3 Å². The van der Waals surface area contributed by atoms with E-state index in [9.17, 15) is 4.79 Å². The van der Waals surface area contributed by atoms with E-state index in [1.54, 1.807) is 6.20 Å². The molecule has 6 nitrogen and oxygen atoms in total. The summed E-state index contributed by atoms with van der Waals surface area (Å²) < 4.78 is 2.52. The number of hydrogen-bond donors (Lipinski definition) is 1. The van der Waals surface area contributed by atoms with Crippen LogP contribution in [0.15, 0.2) is 65.3 Å². The summed E-state index contributed by atoms with van der Waals surface area (Å²) in [7, 11) is 0. The number of nitrogens with zero attached hydrogens (tertiary/aromatic N) is 4. The van der Waals surface area contributed by atoms with E-state index in [1.165, 1.54) is 11.6 Å². The van der Waals surface area contributed by atoms with Crippen LogP contribution in [0.1, 0.15) is 12.7 Å². The number of nitrogens with one attached hydrogen (secondary N) is 1. The van der Waals surface area contributed by atoms with Crippen LogP contribution in [0.4, 0.5) is 5.69 Å². The minimum Gasteiger partial charge on any atom is -0.361 e. The molecule has 7 heteroatoms. The zero-order chi connectivity index (χ0) is 16.9. The second kappa shape index (κ2) is 7.18. The average Bonchev–Trinajstić information content (AvgIpc) is 3.06. The van der Waals surface area contributed by atoms with Gasteiger partial charge in [-0.05, 0) is 53.7 Å². The molecular formula is C17H14BrN5O. The standard InChI is InChI=1S/C17H14BrN5O/c1-12(24)16(11-19-14-9-7-13(18)8-10-14)17-20-21-22-23(17)15-5-3-2-4-6-15/h2-11,19H,1H3/b16-11+. The van der Waals surface area contributed by atoms with Crippen LogP contribution in [0.25, 0.3) is 11.3 Å². The summed E-state index contributed by atoms with van der Waals surface area (Å²) in [5.74, 6) is 0.255. The molecule has 0 saturated carbocycles. The first kappa shape index (κ1) is 16.1. The number of benzene rings is 2. The van der Waals surface area contributed by atoms with Crippen molar-refractivity contribution in [1.29, 1.82) is 0 Å². The van der Waals surface area contributed by atoms with Gasteiger partial charge in [0.1, 0.15) is 0 Å². The second-order valence-electron chi connectivity index (χ2n) is 5.02. The van der Waals surface area contributed by atoms with Crippen molar-refractivity contribution in [3.05, 3.63) is 71.1 Å². The zero-order valence-electron chi connectivity index (χ0n) is 12.8. The predicted molar refractivity (Wildman–Crippen MR) is 95.6 cm³/mol. The van der Waals surface area contributed by atoms with Gasteiger partial charge >= 0.3 is 0 Å². The lowest BCUT2D eigenvalue weighted by molar-refractivity contribution is -0.111. The van der Waals surface area contributed by atoms with Gasteiger partial charge in [-0.25, -0.2) is 0 Å². The van der Waals surface area contributed by atoms with E-state index in [-0.39, 0.29) is 5.78 Å². The van der Waals surface area contributed by atoms with Gasteiger partial charge in [-0.15, -0.1) is 5.10 Å². The molecule has 0 saturated heterocycles. The number of para-hydroxylation sites is 1. The van der Waals surface area contributed by atoms with Gasteiger partial charge in [0.15, 0.2) is 11.6 Å². The number of allylic oxidation sites excluding steroid dienone is 1. The van der Waals surface area contributed by atoms with Crippen molar-refractivity contribution in [1.82, 2.24) is 20.2 Å². The van der Waals surface area contributed by atoms with Crippen molar-refractivity contribution in [3.63, 3.8) is 0 Å². The predicted octanol–water partition coefficient (Wildman–Crippen LogP) is 3.47. The summed E-state index contributed by atoms with van der Waals surface area (Å²) in [5, 5.41) is 14.8. The van der Waals surface area contributed by atoms with Gasteiger partial charge in [0.2, 0.25) is 0 Å². The monoisotopic (exact) mass is 383 g/mol. The van der Waals surface area contributed by atoms with Crippen LogP contribution in [-0.4, -0.2) is 26.0 Å². The van der Waals surface area contributed by atoms with E-state index in [2.05, 4.69) is 36.8 Å². The first-order valence-electron chi connectivity index (χ1n) is 7.22. The summed E-state index contributed by atoms with van der Waals surface area (Å²) in [5.41, 5.74) is 2.04. The van der Waals surface area contributed by atoms with Crippen LogP contribution >= 0.6 is 15.9 Å². The van der Waals surface area contributed by atoms with Crippen LogP contribution < -0.4 is 5.32 Å². The summed E-state index contributed by atoms with van der Waals surface area (Å²) in [6, 6.07) is 17.1. The number of Topliss-reactive ketones (excluding diaryl/α,β-unsaturated/α-hetero) is 1. The quantitative estimate of drug-likeness (QED) is 0.682. The molecule has 0 aliphatic rings. The summed E-state index contributed by atoms with van der Waals surface area (Å²) >= 11 is 3.39. The molecule has 0 bridgehead atoms. The Kier molecular flexibility index (Phi) is 4.81. The summed E-state index contributed by atoms with van der Waals surface area (Å²) in [6.45, 7) is 1.49. The number of carbonyl (C=O) groups is 1. The topological polar surface area (TPSA) is 72.7 Å². The van der Waals surface area contributed by atoms with Crippen LogP contribution in [0.3, 0.4) is 0 Å². The Bertz CT molecular complexity index is 872. The molecule has 3 aromatic rings. The Balaban J connectivity index is 1.95. The maximum atomic E-state index is 12.1. The van der Waals surface area contributed by atoms with Gasteiger partial charge in [0.25, 0.3) is 0 Å². The first-order valence-corrected chi connectivity index (χ1v) is 8.02. The van der Waals surface area contributed by atoms with Crippen molar-refractivity contribution in [2.75, 3.05) is 5.32 Å². The number of rotatable bonds is 5. The largest absolute Gasteiger partial charge is 0.361 e. The molecule has 1 N–H and O–H groups in total. The molecule has 2 aromatic carbocycles. The molecule has 0 spiro atoms. The highest BCUT2D eigenvalue weighted by Gasteiger charge is 2.17. The minimum atomic E-state index is -0.133. The smallest absolute Gasteiger partial charge is 0.192 e. The maximum Gasteiger partial charge on any atom is 0.192 e. The average molecular weight is 384 g/mol. The van der Waals surface area contributed by atoms with Gasteiger partial charge in [0, 0.05) is 16.4 Å². The normalized spacial score (nSPS) is 11.3. The molecule has 1 aromatic heterocycles. The van der Waals surface area contributed by atoms with E-state index < -0.39 is 0 Å². The lowest BCUT2D eigenvalue weighted by atomic mass is 10.2. The fraction of sp³-hybridized carbons (Fsp3) is 0.0588. The highest BCUT2D eigenvalue weighted by atomic mass is 79.9. The van der Waals surface area contributed by atoms with E-state index in [1.807, 2.05) is 54.6 Å². The zero-order valence-corrected chi connectivity index (χ0v) is 14.4. The molecule has 3 rings (SSSR count). The molecular weight excluding hydrogens is 370 g/mol. The fourth-order valence-electron chi connectivity index (χ4n) is 2.12. The fourth-order valence-corrected chi connectivity index (χ4v) is 2.39. The van der Waals surface area contributed by atoms with Gasteiger partial charge in [-0.1, -0.05) is 34.1 Å². The van der Waals surface area contributed by atoms with Crippen molar-refractivity contribution < 1.29 is 4.79 Å². The number of tetrazole rings is 1. The van der Waals surface area contributed by atoms with Crippen LogP contribution in [0.5, 0.6) is 0 Å². The number of ketones is 1. The lowest BCUT2D eigenvalue weighted by Crippen LogP contribution is -2.08. The number of anilines is 1. The van der Waals surface area contributed by atoms with Crippen molar-refractivity contribution in [3.8, 4) is 5.69 Å². The SMILES string of the molecule is CC(=O)/C(=C\Nc1ccc(Br)cc1)c1nnnn1-c1ccccc1. The lowest BCUT2D eigenvalue weighted by Gasteiger charge is -2.07. The molecule has 1 heterocycles. The van der Waals surface area contributed by atoms with Crippen LogP contribution in [0, 0.1) is 0 Å². The number of halogens is 1. The molecule has 0 aliphatic heterocycles. The van der Waals surface area contributed by atoms with Crippen molar-refractivity contribution in [2.45, 2.75) is 6.92 Å². The third-order valence-electron chi connectivity index (χ3n) is 3.32. The molecule has 0 fully saturated rings. The van der Waals surface area contributed by atoms with Gasteiger partial charge < -0.3 is 5.32 Å². The summed E-state index contributed by atoms with van der Waals surface area (Å²) in [6.07, 6.45) is 1.62. The van der Waals surface area contributed by atoms with Crippen molar-refractivity contribution >= 4 is 33.0 Å². The van der Waals surface area contributed by atoms with E-state index in [0.717, 1.165) is 15.8 Å². The molecule has 120 valence electrons. The highest BCUT2D eigenvalue weighted by molar-refractivity contribution is 9.10. The minimum absolute atomic E-state index is 0.133. The van der Waals surface area contributed by atoms with Gasteiger partial charge in [-0.3, -0.25) is 4.79 Å². The van der Waals surface area contributed by atoms with Crippen LogP contribution in [0.2, 0.25) is 0 Å². The Morgan fingerprint density at radius 3 is 2.50 bits per heavy atom. The molecule has 0 amide bonds. The summed E-state index contributed by atoms with van der Waals surface area (Å²) in [4.78, 5) is 12.1. The van der Waals surface area contributed by atoms with Gasteiger partial charge in [-0.2, -0.15) is 4.68 Å². The molecule has 0 unspecified atom stereocenters. The highest BCUT2D eigenvalue weighted by Crippen LogP contribution is 2.18. The number of hydrogen-bond acceptors (Lipinski definition) is 5. The first-order chi connectivity index (χ1) is 11.6. The Labute approximate surface area is 147 Å². The molecule has 24 heavy (non-hydrogen) atoms. The number of carbonyl (C=O) groups excluding carboxylic acids is 1. The maximum absolute atomic E-state index is 12.1. The molecule has 0 aliphatic carbocycles. The third-order valence-corrected chi connectivity index (χ3v) is 3.85. The second-order valence-corrected chi connectivity index (χ2v) is 5.93. The van der Waals surface area contributed by atoms with E-state index in [0.29, 0.717) is 11.4 Å².